The zero-order chi connectivity index (χ0) is 17.8. The van der Waals surface area contributed by atoms with Crippen molar-refractivity contribution in [1.29, 1.82) is 0 Å². The van der Waals surface area contributed by atoms with Gasteiger partial charge in [-0.25, -0.2) is 0 Å². The molecule has 2 aromatic rings. The Kier molecular flexibility index (Phi) is 5.03. The number of aryl methyl sites for hydroxylation is 1. The monoisotopic (exact) mass is 338 g/mol. The number of hydrogen-bond donors (Lipinski definition) is 1. The van der Waals surface area contributed by atoms with Gasteiger partial charge in [0.2, 0.25) is 5.91 Å². The van der Waals surface area contributed by atoms with Crippen LogP contribution in [0.2, 0.25) is 0 Å². The molecule has 2 amide bonds. The maximum Gasteiger partial charge on any atom is 0.262 e. The molecule has 2 aromatic carbocycles. The average Bonchev–Trinajstić information content (AvgIpc) is 3.02. The fraction of sp³-hybridized carbons (Fsp3) is 0.300. The summed E-state index contributed by atoms with van der Waals surface area (Å²) in [6, 6.07) is 13.1. The molecule has 5 nitrogen and oxygen atoms in total. The molecule has 0 spiro atoms. The van der Waals surface area contributed by atoms with Crippen LogP contribution in [0, 0.1) is 13.8 Å². The zero-order valence-electron chi connectivity index (χ0n) is 14.5. The first-order chi connectivity index (χ1) is 12.0. The zero-order valence-corrected chi connectivity index (χ0v) is 14.5. The Balaban J connectivity index is 1.61. The molecule has 1 heterocycles. The van der Waals surface area contributed by atoms with Gasteiger partial charge in [-0.15, -0.1) is 0 Å². The van der Waals surface area contributed by atoms with Gasteiger partial charge in [0, 0.05) is 24.3 Å². The fourth-order valence-electron chi connectivity index (χ4n) is 2.89. The van der Waals surface area contributed by atoms with E-state index in [1.165, 1.54) is 0 Å². The third-order valence-electron chi connectivity index (χ3n) is 4.43. The molecule has 1 saturated heterocycles. The van der Waals surface area contributed by atoms with Crippen LogP contribution in [0.5, 0.6) is 5.75 Å². The van der Waals surface area contributed by atoms with Crippen molar-refractivity contribution in [2.24, 2.45) is 0 Å². The van der Waals surface area contributed by atoms with Crippen LogP contribution in [0.15, 0.2) is 42.5 Å². The lowest BCUT2D eigenvalue weighted by atomic mass is 10.1. The van der Waals surface area contributed by atoms with Crippen molar-refractivity contribution in [3.05, 3.63) is 53.6 Å². The molecule has 5 heteroatoms. The Bertz CT molecular complexity index is 801. The second-order valence-corrected chi connectivity index (χ2v) is 6.23. The first-order valence-electron chi connectivity index (χ1n) is 8.44. The lowest BCUT2D eigenvalue weighted by Crippen LogP contribution is -2.24. The maximum absolute atomic E-state index is 12.2. The fourth-order valence-corrected chi connectivity index (χ4v) is 2.89. The minimum atomic E-state index is -0.231. The van der Waals surface area contributed by atoms with E-state index >= 15 is 0 Å². The van der Waals surface area contributed by atoms with E-state index in [0.29, 0.717) is 17.9 Å². The number of carbonyl (C=O) groups excluding carboxylic acids is 2. The van der Waals surface area contributed by atoms with E-state index in [1.54, 1.807) is 11.0 Å². The number of benzene rings is 2. The Morgan fingerprint density at radius 1 is 1.20 bits per heavy atom. The number of nitrogens with one attached hydrogen (secondary N) is 1. The van der Waals surface area contributed by atoms with Gasteiger partial charge < -0.3 is 15.0 Å². The minimum absolute atomic E-state index is 0.0584. The Morgan fingerprint density at radius 3 is 2.76 bits per heavy atom. The first-order valence-corrected chi connectivity index (χ1v) is 8.44. The van der Waals surface area contributed by atoms with Crippen molar-refractivity contribution in [3.8, 4) is 5.75 Å². The van der Waals surface area contributed by atoms with Crippen LogP contribution in [-0.2, 0) is 9.59 Å². The van der Waals surface area contributed by atoms with Crippen molar-refractivity contribution >= 4 is 23.2 Å². The molecule has 1 N–H and O–H groups in total. The highest BCUT2D eigenvalue weighted by molar-refractivity contribution is 5.97. The summed E-state index contributed by atoms with van der Waals surface area (Å²) in [5.41, 5.74) is 3.63. The summed E-state index contributed by atoms with van der Waals surface area (Å²) in [5, 5.41) is 2.82. The van der Waals surface area contributed by atoms with Crippen LogP contribution in [0.4, 0.5) is 11.4 Å². The third kappa shape index (κ3) is 3.99. The summed E-state index contributed by atoms with van der Waals surface area (Å²) in [6.45, 7) is 4.65. The molecule has 0 atom stereocenters. The van der Waals surface area contributed by atoms with E-state index in [0.717, 1.165) is 29.8 Å². The third-order valence-corrected chi connectivity index (χ3v) is 4.43. The van der Waals surface area contributed by atoms with Crippen LogP contribution < -0.4 is 15.0 Å². The van der Waals surface area contributed by atoms with E-state index in [1.807, 2.05) is 50.2 Å². The normalized spacial score (nSPS) is 13.8. The number of nitrogens with zero attached hydrogens (tertiary/aromatic N) is 1. The molecule has 0 aliphatic carbocycles. The molecule has 25 heavy (non-hydrogen) atoms. The smallest absolute Gasteiger partial charge is 0.262 e. The average molecular weight is 338 g/mol. The van der Waals surface area contributed by atoms with Crippen LogP contribution in [0.3, 0.4) is 0 Å². The number of hydrogen-bond acceptors (Lipinski definition) is 3. The molecule has 3 rings (SSSR count). The van der Waals surface area contributed by atoms with Gasteiger partial charge in [0.05, 0.1) is 0 Å². The van der Waals surface area contributed by atoms with E-state index in [-0.39, 0.29) is 18.4 Å². The molecule has 0 saturated carbocycles. The Morgan fingerprint density at radius 2 is 2.00 bits per heavy atom. The first kappa shape index (κ1) is 17.0. The van der Waals surface area contributed by atoms with Gasteiger partial charge in [0.1, 0.15) is 5.75 Å². The number of carbonyl (C=O) groups is 2. The van der Waals surface area contributed by atoms with Gasteiger partial charge in [-0.3, -0.25) is 9.59 Å². The number of ether oxygens (including phenoxy) is 1. The molecule has 0 radical (unpaired) electrons. The van der Waals surface area contributed by atoms with Gasteiger partial charge in [-0.2, -0.15) is 0 Å². The lowest BCUT2D eigenvalue weighted by Gasteiger charge is -2.17. The van der Waals surface area contributed by atoms with Gasteiger partial charge >= 0.3 is 0 Å². The minimum Gasteiger partial charge on any atom is -0.483 e. The van der Waals surface area contributed by atoms with Crippen molar-refractivity contribution < 1.29 is 14.3 Å². The highest BCUT2D eigenvalue weighted by Gasteiger charge is 2.21. The number of rotatable bonds is 5. The van der Waals surface area contributed by atoms with Gasteiger partial charge in [0.15, 0.2) is 6.61 Å². The standard InChI is InChI=1S/C20H22N2O3/c1-14-6-3-9-18(15(14)2)25-13-19(23)21-16-7-4-8-17(12-16)22-11-5-10-20(22)24/h3-4,6-9,12H,5,10-11,13H2,1-2H3,(H,21,23). The molecule has 130 valence electrons. The molecular formula is C20H22N2O3. The summed E-state index contributed by atoms with van der Waals surface area (Å²) >= 11 is 0. The molecule has 1 aliphatic heterocycles. The van der Waals surface area contributed by atoms with Crippen molar-refractivity contribution in [1.82, 2.24) is 0 Å². The lowest BCUT2D eigenvalue weighted by molar-refractivity contribution is -0.118. The summed E-state index contributed by atoms with van der Waals surface area (Å²) < 4.78 is 5.62. The van der Waals surface area contributed by atoms with E-state index in [9.17, 15) is 9.59 Å². The summed E-state index contributed by atoms with van der Waals surface area (Å²) in [7, 11) is 0. The SMILES string of the molecule is Cc1cccc(OCC(=O)Nc2cccc(N3CCCC3=O)c2)c1C. The maximum atomic E-state index is 12.2. The van der Waals surface area contributed by atoms with Gasteiger partial charge in [-0.05, 0) is 55.7 Å². The molecule has 0 unspecified atom stereocenters. The van der Waals surface area contributed by atoms with Crippen molar-refractivity contribution in [2.45, 2.75) is 26.7 Å². The van der Waals surface area contributed by atoms with Crippen LogP contribution in [0.1, 0.15) is 24.0 Å². The van der Waals surface area contributed by atoms with Crippen LogP contribution in [-0.4, -0.2) is 25.0 Å². The van der Waals surface area contributed by atoms with E-state index in [4.69, 9.17) is 4.74 Å². The Labute approximate surface area is 147 Å². The predicted octanol–water partition coefficient (Wildman–Crippen LogP) is 3.45. The van der Waals surface area contributed by atoms with Crippen LogP contribution in [0.25, 0.3) is 0 Å². The molecular weight excluding hydrogens is 316 g/mol. The second-order valence-electron chi connectivity index (χ2n) is 6.23. The quantitative estimate of drug-likeness (QED) is 0.908. The summed E-state index contributed by atoms with van der Waals surface area (Å²) in [4.78, 5) is 25.8. The molecule has 0 bridgehead atoms. The van der Waals surface area contributed by atoms with Gasteiger partial charge in [0.25, 0.3) is 5.91 Å². The summed E-state index contributed by atoms with van der Waals surface area (Å²) in [6.07, 6.45) is 1.46. The molecule has 0 aromatic heterocycles. The molecule has 1 aliphatic rings. The number of anilines is 2. The summed E-state index contributed by atoms with van der Waals surface area (Å²) in [5.74, 6) is 0.610. The second kappa shape index (κ2) is 7.38. The van der Waals surface area contributed by atoms with Gasteiger partial charge in [-0.1, -0.05) is 18.2 Å². The van der Waals surface area contributed by atoms with E-state index < -0.39 is 0 Å². The highest BCUT2D eigenvalue weighted by Crippen LogP contribution is 2.24. The van der Waals surface area contributed by atoms with Crippen molar-refractivity contribution in [2.75, 3.05) is 23.4 Å². The van der Waals surface area contributed by atoms with Crippen LogP contribution >= 0.6 is 0 Å². The highest BCUT2D eigenvalue weighted by atomic mass is 16.5. The topological polar surface area (TPSA) is 58.6 Å². The predicted molar refractivity (Wildman–Crippen MR) is 98.1 cm³/mol. The van der Waals surface area contributed by atoms with Crippen molar-refractivity contribution in [3.63, 3.8) is 0 Å². The Hall–Kier alpha value is -2.82. The number of amides is 2. The molecule has 1 fully saturated rings. The largest absolute Gasteiger partial charge is 0.483 e. The van der Waals surface area contributed by atoms with E-state index in [2.05, 4.69) is 5.32 Å².